The van der Waals surface area contributed by atoms with Crippen molar-refractivity contribution in [1.82, 2.24) is 20.3 Å². The zero-order valence-corrected chi connectivity index (χ0v) is 10.6. The number of hydrogen-bond donors (Lipinski definition) is 2. The second kappa shape index (κ2) is 5.08. The molecule has 0 aliphatic heterocycles. The predicted octanol–water partition coefficient (Wildman–Crippen LogP) is 2.33. The number of benzene rings is 1. The number of anilines is 3. The average molecular weight is 274 g/mol. The van der Waals surface area contributed by atoms with E-state index >= 15 is 0 Å². The van der Waals surface area contributed by atoms with Gasteiger partial charge in [0.15, 0.2) is 11.6 Å². The Morgan fingerprint density at radius 1 is 1.10 bits per heavy atom. The lowest BCUT2D eigenvalue weighted by Gasteiger charge is -2.10. The molecule has 0 fully saturated rings. The van der Waals surface area contributed by atoms with Gasteiger partial charge in [-0.2, -0.15) is 0 Å². The third-order valence-corrected chi connectivity index (χ3v) is 2.59. The highest BCUT2D eigenvalue weighted by atomic mass is 19.1. The van der Waals surface area contributed by atoms with Gasteiger partial charge in [0.1, 0.15) is 5.82 Å². The molecule has 3 aromatic rings. The number of rotatable bonds is 4. The van der Waals surface area contributed by atoms with Gasteiger partial charge in [-0.05, 0) is 29.4 Å². The number of hydrogen-bond acceptors (Lipinski definition) is 7. The number of aromatic nitrogens is 4. The Hall–Kier alpha value is -2.77. The molecule has 7 nitrogen and oxygen atoms in total. The highest BCUT2D eigenvalue weighted by Crippen LogP contribution is 2.24. The molecule has 0 aliphatic rings. The highest BCUT2D eigenvalue weighted by Gasteiger charge is 2.13. The van der Waals surface area contributed by atoms with Crippen molar-refractivity contribution in [2.75, 3.05) is 17.2 Å². The summed E-state index contributed by atoms with van der Waals surface area (Å²) in [5.41, 5.74) is 0.849. The molecule has 20 heavy (non-hydrogen) atoms. The average Bonchev–Trinajstić information content (AvgIpc) is 2.89. The normalized spacial score (nSPS) is 10.7. The van der Waals surface area contributed by atoms with Crippen LogP contribution < -0.4 is 10.6 Å². The number of nitrogens with one attached hydrogen (secondary N) is 2. The Labute approximate surface area is 113 Å². The second-order valence-electron chi connectivity index (χ2n) is 3.97. The molecule has 0 aliphatic carbocycles. The Balaban J connectivity index is 2.04. The minimum atomic E-state index is -0.380. The molecule has 3 rings (SSSR count). The number of para-hydroxylation sites is 1. The van der Waals surface area contributed by atoms with E-state index in [4.69, 9.17) is 0 Å². The molecule has 0 unspecified atom stereocenters. The minimum Gasteiger partial charge on any atom is -0.367 e. The summed E-state index contributed by atoms with van der Waals surface area (Å²) in [5.74, 6) is 0.439. The third-order valence-electron chi connectivity index (χ3n) is 2.59. The molecule has 1 aromatic carbocycles. The van der Waals surface area contributed by atoms with Gasteiger partial charge in [0.05, 0.1) is 5.69 Å². The summed E-state index contributed by atoms with van der Waals surface area (Å²) in [5, 5.41) is 13.2. The molecule has 0 spiro atoms. The van der Waals surface area contributed by atoms with Crippen LogP contribution in [0.2, 0.25) is 0 Å². The molecule has 0 radical (unpaired) electrons. The van der Waals surface area contributed by atoms with Crippen LogP contribution in [0.4, 0.5) is 21.7 Å². The van der Waals surface area contributed by atoms with Crippen molar-refractivity contribution in [3.63, 3.8) is 0 Å². The van der Waals surface area contributed by atoms with Gasteiger partial charge in [0, 0.05) is 6.54 Å². The van der Waals surface area contributed by atoms with Gasteiger partial charge >= 0.3 is 0 Å². The molecule has 0 atom stereocenters. The summed E-state index contributed by atoms with van der Waals surface area (Å²) in [7, 11) is 0. The SMILES string of the molecule is CCNc1nc2nonc2nc1Nc1ccccc1F. The molecule has 0 amide bonds. The van der Waals surface area contributed by atoms with E-state index in [1.165, 1.54) is 6.07 Å². The lowest BCUT2D eigenvalue weighted by atomic mass is 10.3. The molecule has 0 saturated heterocycles. The van der Waals surface area contributed by atoms with Crippen molar-refractivity contribution in [1.29, 1.82) is 0 Å². The first-order valence-electron chi connectivity index (χ1n) is 6.03. The lowest BCUT2D eigenvalue weighted by Crippen LogP contribution is -2.06. The fourth-order valence-electron chi connectivity index (χ4n) is 1.71. The van der Waals surface area contributed by atoms with Gasteiger partial charge in [-0.1, -0.05) is 12.1 Å². The fourth-order valence-corrected chi connectivity index (χ4v) is 1.71. The van der Waals surface area contributed by atoms with Gasteiger partial charge in [-0.15, -0.1) is 0 Å². The van der Waals surface area contributed by atoms with Crippen LogP contribution in [0.1, 0.15) is 6.92 Å². The molecule has 8 heteroatoms. The maximum absolute atomic E-state index is 13.7. The van der Waals surface area contributed by atoms with Crippen molar-refractivity contribution in [2.24, 2.45) is 0 Å². The van der Waals surface area contributed by atoms with E-state index in [2.05, 4.69) is 35.5 Å². The molecular weight excluding hydrogens is 263 g/mol. The first kappa shape index (κ1) is 12.3. The third kappa shape index (κ3) is 2.22. The summed E-state index contributed by atoms with van der Waals surface area (Å²) in [6, 6.07) is 6.31. The van der Waals surface area contributed by atoms with E-state index in [-0.39, 0.29) is 11.5 Å². The van der Waals surface area contributed by atoms with E-state index in [1.807, 2.05) is 6.92 Å². The summed E-state index contributed by atoms with van der Waals surface area (Å²) in [6.07, 6.45) is 0. The van der Waals surface area contributed by atoms with Crippen LogP contribution in [0.3, 0.4) is 0 Å². The van der Waals surface area contributed by atoms with Crippen molar-refractivity contribution < 1.29 is 9.02 Å². The zero-order valence-electron chi connectivity index (χ0n) is 10.6. The molecule has 0 bridgehead atoms. The summed E-state index contributed by atoms with van der Waals surface area (Å²) >= 11 is 0. The topological polar surface area (TPSA) is 88.8 Å². The first-order chi connectivity index (χ1) is 9.78. The van der Waals surface area contributed by atoms with Gasteiger partial charge < -0.3 is 10.6 Å². The van der Waals surface area contributed by atoms with Crippen molar-refractivity contribution in [3.8, 4) is 0 Å². The van der Waals surface area contributed by atoms with Crippen LogP contribution in [-0.4, -0.2) is 26.8 Å². The van der Waals surface area contributed by atoms with Crippen LogP contribution in [0.25, 0.3) is 11.3 Å². The highest BCUT2D eigenvalue weighted by molar-refractivity contribution is 5.76. The Bertz CT molecular complexity index is 744. The van der Waals surface area contributed by atoms with Crippen LogP contribution in [0, 0.1) is 5.82 Å². The molecule has 102 valence electrons. The molecule has 2 aromatic heterocycles. The number of nitrogens with zero attached hydrogens (tertiary/aromatic N) is 4. The Morgan fingerprint density at radius 3 is 2.50 bits per heavy atom. The molecule has 2 heterocycles. The molecule has 2 N–H and O–H groups in total. The zero-order chi connectivity index (χ0) is 13.9. The minimum absolute atomic E-state index is 0.255. The standard InChI is InChI=1S/C12H11FN6O/c1-2-14-9-10(15-8-6-4-3-5-7(8)13)17-12-11(16-9)18-20-19-12/h3-6H,2H2,1H3,(H,14,16,18)(H,15,17,19). The summed E-state index contributed by atoms with van der Waals surface area (Å²) in [4.78, 5) is 8.44. The summed E-state index contributed by atoms with van der Waals surface area (Å²) in [6.45, 7) is 2.55. The Morgan fingerprint density at radius 2 is 1.80 bits per heavy atom. The van der Waals surface area contributed by atoms with E-state index in [1.54, 1.807) is 18.2 Å². The van der Waals surface area contributed by atoms with E-state index in [9.17, 15) is 4.39 Å². The van der Waals surface area contributed by atoms with Crippen LogP contribution in [0.5, 0.6) is 0 Å². The van der Waals surface area contributed by atoms with E-state index in [0.29, 0.717) is 29.5 Å². The van der Waals surface area contributed by atoms with Gasteiger partial charge in [0.25, 0.3) is 0 Å². The quantitative estimate of drug-likeness (QED) is 0.754. The number of fused-ring (bicyclic) bond motifs is 1. The number of halogens is 1. The monoisotopic (exact) mass is 274 g/mol. The van der Waals surface area contributed by atoms with Crippen LogP contribution >= 0.6 is 0 Å². The lowest BCUT2D eigenvalue weighted by molar-refractivity contribution is 0.314. The maximum Gasteiger partial charge on any atom is 0.245 e. The van der Waals surface area contributed by atoms with E-state index in [0.717, 1.165) is 0 Å². The van der Waals surface area contributed by atoms with Crippen molar-refractivity contribution >= 4 is 28.6 Å². The fraction of sp³-hybridized carbons (Fsp3) is 0.167. The van der Waals surface area contributed by atoms with Crippen LogP contribution in [-0.2, 0) is 0 Å². The Kier molecular flexibility index (Phi) is 3.12. The largest absolute Gasteiger partial charge is 0.367 e. The van der Waals surface area contributed by atoms with Crippen LogP contribution in [0.15, 0.2) is 28.9 Å². The van der Waals surface area contributed by atoms with Gasteiger partial charge in [-0.25, -0.2) is 19.0 Å². The van der Waals surface area contributed by atoms with Crippen molar-refractivity contribution in [2.45, 2.75) is 6.92 Å². The van der Waals surface area contributed by atoms with E-state index < -0.39 is 0 Å². The molecule has 0 saturated carbocycles. The summed E-state index contributed by atoms with van der Waals surface area (Å²) < 4.78 is 18.2. The smallest absolute Gasteiger partial charge is 0.245 e. The van der Waals surface area contributed by atoms with Gasteiger partial charge in [0.2, 0.25) is 11.3 Å². The predicted molar refractivity (Wildman–Crippen MR) is 71.2 cm³/mol. The second-order valence-corrected chi connectivity index (χ2v) is 3.97. The van der Waals surface area contributed by atoms with Crippen molar-refractivity contribution in [3.05, 3.63) is 30.1 Å². The molecular formula is C12H11FN6O. The van der Waals surface area contributed by atoms with Gasteiger partial charge in [-0.3, -0.25) is 0 Å². The maximum atomic E-state index is 13.7. The first-order valence-corrected chi connectivity index (χ1v) is 6.03.